The first-order valence-corrected chi connectivity index (χ1v) is 11.6. The lowest BCUT2D eigenvalue weighted by atomic mass is 9.81. The minimum atomic E-state index is -4.19. The van der Waals surface area contributed by atoms with Gasteiger partial charge in [-0.3, -0.25) is 14.9 Å². The third kappa shape index (κ3) is 5.60. The number of anilines is 1. The van der Waals surface area contributed by atoms with Gasteiger partial charge in [0.1, 0.15) is 12.9 Å². The van der Waals surface area contributed by atoms with Crippen molar-refractivity contribution in [2.24, 2.45) is 11.8 Å². The van der Waals surface area contributed by atoms with Gasteiger partial charge in [0, 0.05) is 30.2 Å². The number of carbonyl (C=O) groups is 2. The van der Waals surface area contributed by atoms with Gasteiger partial charge in [-0.05, 0) is 50.7 Å². The average molecular weight is 484 g/mol. The Morgan fingerprint density at radius 1 is 1.18 bits per heavy atom. The Morgan fingerprint density at radius 2 is 1.97 bits per heavy atom. The van der Waals surface area contributed by atoms with Crippen LogP contribution in [0.1, 0.15) is 49.0 Å². The van der Waals surface area contributed by atoms with Crippen LogP contribution < -0.4 is 10.1 Å². The van der Waals surface area contributed by atoms with Crippen LogP contribution in [0, 0.1) is 11.8 Å². The molecule has 1 aliphatic carbocycles. The molecule has 2 aromatic heterocycles. The topological polar surface area (TPSA) is 97.3 Å². The third-order valence-electron chi connectivity index (χ3n) is 6.20. The zero-order valence-electron chi connectivity index (χ0n) is 17.8. The van der Waals surface area contributed by atoms with E-state index >= 15 is 0 Å². The number of alkyl halides is 3. The minimum Gasteiger partial charge on any atom is -0.489 e. The van der Waals surface area contributed by atoms with E-state index in [0.29, 0.717) is 11.7 Å². The Hall–Kier alpha value is -2.76. The van der Waals surface area contributed by atoms with Crippen LogP contribution in [0.2, 0.25) is 0 Å². The number of rotatable bonds is 6. The van der Waals surface area contributed by atoms with Gasteiger partial charge >= 0.3 is 6.18 Å². The quantitative estimate of drug-likeness (QED) is 0.669. The SMILES string of the molecule is O=C(Nc1ncns1)c1ncccc1OCC1CCCN1C(=O)C1CCC(C(F)(F)F)CC1. The monoisotopic (exact) mass is 483 g/mol. The second-order valence-electron chi connectivity index (χ2n) is 8.28. The number of likely N-dealkylation sites (tertiary alicyclic amines) is 1. The number of hydrogen-bond acceptors (Lipinski definition) is 7. The van der Waals surface area contributed by atoms with Gasteiger partial charge in [-0.1, -0.05) is 0 Å². The van der Waals surface area contributed by atoms with Crippen molar-refractivity contribution in [1.82, 2.24) is 19.2 Å². The molecular weight excluding hydrogens is 459 g/mol. The molecule has 4 rings (SSSR count). The normalized spacial score (nSPS) is 23.4. The molecule has 3 heterocycles. The van der Waals surface area contributed by atoms with E-state index < -0.39 is 18.0 Å². The van der Waals surface area contributed by atoms with Crippen LogP contribution in [0.4, 0.5) is 18.3 Å². The zero-order valence-corrected chi connectivity index (χ0v) is 18.6. The molecule has 2 aromatic rings. The summed E-state index contributed by atoms with van der Waals surface area (Å²) in [6.45, 7) is 0.734. The summed E-state index contributed by atoms with van der Waals surface area (Å²) in [6, 6.07) is 3.08. The second-order valence-corrected chi connectivity index (χ2v) is 9.06. The molecule has 2 amide bonds. The number of hydrogen-bond donors (Lipinski definition) is 1. The lowest BCUT2D eigenvalue weighted by molar-refractivity contribution is -0.185. The van der Waals surface area contributed by atoms with Crippen LogP contribution in [-0.2, 0) is 4.79 Å². The van der Waals surface area contributed by atoms with Gasteiger partial charge in [-0.2, -0.15) is 17.5 Å². The number of nitrogens with one attached hydrogen (secondary N) is 1. The summed E-state index contributed by atoms with van der Waals surface area (Å²) >= 11 is 1.04. The molecule has 0 aromatic carbocycles. The highest BCUT2D eigenvalue weighted by Gasteiger charge is 2.44. The van der Waals surface area contributed by atoms with Gasteiger partial charge in [0.25, 0.3) is 5.91 Å². The molecule has 1 atom stereocenters. The van der Waals surface area contributed by atoms with Crippen molar-refractivity contribution in [2.75, 3.05) is 18.5 Å². The summed E-state index contributed by atoms with van der Waals surface area (Å²) in [4.78, 5) is 35.3. The molecule has 0 bridgehead atoms. The Bertz CT molecular complexity index is 964. The third-order valence-corrected chi connectivity index (χ3v) is 6.78. The Morgan fingerprint density at radius 3 is 2.67 bits per heavy atom. The number of halogens is 3. The van der Waals surface area contributed by atoms with Crippen molar-refractivity contribution in [3.63, 3.8) is 0 Å². The Balaban J connectivity index is 1.35. The molecule has 2 fully saturated rings. The molecule has 1 saturated heterocycles. The minimum absolute atomic E-state index is 0.00229. The first kappa shape index (κ1) is 23.4. The Kier molecular flexibility index (Phi) is 7.11. The van der Waals surface area contributed by atoms with Crippen molar-refractivity contribution in [3.05, 3.63) is 30.4 Å². The maximum atomic E-state index is 13.0. The van der Waals surface area contributed by atoms with Crippen molar-refractivity contribution in [2.45, 2.75) is 50.7 Å². The number of amides is 2. The maximum Gasteiger partial charge on any atom is 0.391 e. The summed E-state index contributed by atoms with van der Waals surface area (Å²) in [6.07, 6.45) is 0.654. The number of ether oxygens (including phenoxy) is 1. The predicted octanol–water partition coefficient (Wildman–Crippen LogP) is 3.92. The van der Waals surface area contributed by atoms with Gasteiger partial charge in [-0.15, -0.1) is 0 Å². The summed E-state index contributed by atoms with van der Waals surface area (Å²) < 4.78 is 48.5. The molecule has 1 saturated carbocycles. The number of aromatic nitrogens is 3. The van der Waals surface area contributed by atoms with Gasteiger partial charge in [0.05, 0.1) is 12.0 Å². The second kappa shape index (κ2) is 10.0. The van der Waals surface area contributed by atoms with Crippen LogP contribution in [0.5, 0.6) is 5.75 Å². The fraction of sp³-hybridized carbons (Fsp3) is 0.571. The molecule has 0 radical (unpaired) electrons. The van der Waals surface area contributed by atoms with Crippen molar-refractivity contribution in [3.8, 4) is 5.75 Å². The largest absolute Gasteiger partial charge is 0.489 e. The van der Waals surface area contributed by atoms with Gasteiger partial charge in [0.15, 0.2) is 11.4 Å². The number of carbonyl (C=O) groups excluding carboxylic acids is 2. The van der Waals surface area contributed by atoms with Gasteiger partial charge in [-0.25, -0.2) is 9.97 Å². The molecule has 178 valence electrons. The van der Waals surface area contributed by atoms with Gasteiger partial charge < -0.3 is 9.64 Å². The fourth-order valence-electron chi connectivity index (χ4n) is 4.45. The average Bonchev–Trinajstić information content (AvgIpc) is 3.49. The molecular formula is C21H24F3N5O3S. The molecule has 1 aliphatic heterocycles. The summed E-state index contributed by atoms with van der Waals surface area (Å²) in [5.74, 6) is -1.99. The first-order valence-electron chi connectivity index (χ1n) is 10.9. The summed E-state index contributed by atoms with van der Waals surface area (Å²) in [7, 11) is 0. The molecule has 8 nitrogen and oxygen atoms in total. The van der Waals surface area contributed by atoms with E-state index in [0.717, 1.165) is 24.4 Å². The van der Waals surface area contributed by atoms with Crippen LogP contribution in [-0.4, -0.2) is 56.4 Å². The highest BCUT2D eigenvalue weighted by atomic mass is 32.1. The molecule has 1 unspecified atom stereocenters. The van der Waals surface area contributed by atoms with Crippen LogP contribution in [0.3, 0.4) is 0 Å². The molecule has 33 heavy (non-hydrogen) atoms. The smallest absolute Gasteiger partial charge is 0.391 e. The summed E-state index contributed by atoms with van der Waals surface area (Å²) in [5.41, 5.74) is 0.0917. The summed E-state index contributed by atoms with van der Waals surface area (Å²) in [5, 5.41) is 2.95. The van der Waals surface area contributed by atoms with E-state index in [1.807, 2.05) is 0 Å². The van der Waals surface area contributed by atoms with Gasteiger partial charge in [0.2, 0.25) is 11.0 Å². The van der Waals surface area contributed by atoms with Crippen LogP contribution in [0.15, 0.2) is 24.7 Å². The predicted molar refractivity (Wildman–Crippen MR) is 114 cm³/mol. The van der Waals surface area contributed by atoms with E-state index in [1.54, 1.807) is 17.0 Å². The van der Waals surface area contributed by atoms with Crippen LogP contribution >= 0.6 is 11.5 Å². The van der Waals surface area contributed by atoms with E-state index in [2.05, 4.69) is 19.7 Å². The number of pyridine rings is 1. The van der Waals surface area contributed by atoms with E-state index in [-0.39, 0.29) is 61.6 Å². The van der Waals surface area contributed by atoms with E-state index in [1.165, 1.54) is 12.5 Å². The van der Waals surface area contributed by atoms with Crippen LogP contribution in [0.25, 0.3) is 0 Å². The molecule has 0 spiro atoms. The standard InChI is InChI=1S/C21H24F3N5O3S/c22-21(23,24)14-7-5-13(6-8-14)19(31)29-10-2-3-15(29)11-32-16-4-1-9-25-17(16)18(30)28-20-26-12-27-33-20/h1,4,9,12-15H,2-3,5-8,10-11H2,(H,26,27,28,30). The highest BCUT2D eigenvalue weighted by molar-refractivity contribution is 7.09. The zero-order chi connectivity index (χ0) is 23.4. The molecule has 2 aliphatic rings. The maximum absolute atomic E-state index is 13.0. The van der Waals surface area contributed by atoms with Crippen molar-refractivity contribution >= 4 is 28.5 Å². The van der Waals surface area contributed by atoms with Crippen molar-refractivity contribution < 1.29 is 27.5 Å². The number of nitrogens with zero attached hydrogens (tertiary/aromatic N) is 4. The lowest BCUT2D eigenvalue weighted by Crippen LogP contribution is -2.44. The Labute approximate surface area is 192 Å². The molecule has 1 N–H and O–H groups in total. The lowest BCUT2D eigenvalue weighted by Gasteiger charge is -2.33. The highest BCUT2D eigenvalue weighted by Crippen LogP contribution is 2.40. The molecule has 12 heteroatoms. The fourth-order valence-corrected chi connectivity index (χ4v) is 4.88. The van der Waals surface area contributed by atoms with E-state index in [9.17, 15) is 22.8 Å². The van der Waals surface area contributed by atoms with E-state index in [4.69, 9.17) is 4.74 Å². The first-order chi connectivity index (χ1) is 15.8. The van der Waals surface area contributed by atoms with Crippen molar-refractivity contribution in [1.29, 1.82) is 0 Å².